The first-order chi connectivity index (χ1) is 9.24. The van der Waals surface area contributed by atoms with Gasteiger partial charge in [-0.1, -0.05) is 18.2 Å². The van der Waals surface area contributed by atoms with Gasteiger partial charge in [-0.05, 0) is 48.6 Å². The number of aryl methyl sites for hydroxylation is 1. The highest BCUT2D eigenvalue weighted by Crippen LogP contribution is 2.33. The Morgan fingerprint density at radius 2 is 2.05 bits per heavy atom. The summed E-state index contributed by atoms with van der Waals surface area (Å²) in [4.78, 5) is 4.48. The molecule has 1 aromatic carbocycles. The van der Waals surface area contributed by atoms with E-state index in [2.05, 4.69) is 11.1 Å². The molecular formula is C16H17FN2. The molecule has 1 aliphatic rings. The molecule has 1 heterocycles. The van der Waals surface area contributed by atoms with Gasteiger partial charge in [0.05, 0.1) is 0 Å². The summed E-state index contributed by atoms with van der Waals surface area (Å²) < 4.78 is 12.9. The largest absolute Gasteiger partial charge is 0.327 e. The van der Waals surface area contributed by atoms with E-state index in [0.29, 0.717) is 5.92 Å². The van der Waals surface area contributed by atoms with Crippen LogP contribution in [-0.4, -0.2) is 11.0 Å². The third-order valence-electron chi connectivity index (χ3n) is 3.90. The number of halogens is 1. The predicted octanol–water partition coefficient (Wildman–Crippen LogP) is 2.82. The molecule has 0 saturated heterocycles. The molecule has 1 aromatic heterocycles. The third-order valence-corrected chi connectivity index (χ3v) is 3.90. The monoisotopic (exact) mass is 256 g/mol. The van der Waals surface area contributed by atoms with Crippen LogP contribution in [0.1, 0.15) is 29.2 Å². The summed E-state index contributed by atoms with van der Waals surface area (Å²) in [5, 5.41) is 0. The quantitative estimate of drug-likeness (QED) is 0.917. The molecule has 1 aliphatic carbocycles. The van der Waals surface area contributed by atoms with Crippen LogP contribution in [0.5, 0.6) is 0 Å². The first-order valence-corrected chi connectivity index (χ1v) is 6.68. The average molecular weight is 256 g/mol. The molecule has 3 heteroatoms. The average Bonchev–Trinajstić information content (AvgIpc) is 2.85. The van der Waals surface area contributed by atoms with Crippen molar-refractivity contribution in [3.05, 3.63) is 65.2 Å². The SMILES string of the molecule is NC(Cc1ccc(F)cc1)C1CCc2cccnc21. The van der Waals surface area contributed by atoms with Crippen molar-refractivity contribution in [3.63, 3.8) is 0 Å². The molecule has 19 heavy (non-hydrogen) atoms. The second-order valence-electron chi connectivity index (χ2n) is 5.19. The maximum absolute atomic E-state index is 12.9. The van der Waals surface area contributed by atoms with Crippen LogP contribution in [0.2, 0.25) is 0 Å². The molecule has 0 aliphatic heterocycles. The van der Waals surface area contributed by atoms with Crippen molar-refractivity contribution in [1.29, 1.82) is 0 Å². The van der Waals surface area contributed by atoms with Crippen molar-refractivity contribution in [2.75, 3.05) is 0 Å². The number of rotatable bonds is 3. The lowest BCUT2D eigenvalue weighted by molar-refractivity contribution is 0.516. The second kappa shape index (κ2) is 5.10. The topological polar surface area (TPSA) is 38.9 Å². The molecule has 0 radical (unpaired) electrons. The van der Waals surface area contributed by atoms with Crippen molar-refractivity contribution < 1.29 is 4.39 Å². The van der Waals surface area contributed by atoms with Crippen LogP contribution < -0.4 is 5.73 Å². The Morgan fingerprint density at radius 3 is 2.84 bits per heavy atom. The van der Waals surface area contributed by atoms with Crippen molar-refractivity contribution in [2.45, 2.75) is 31.2 Å². The van der Waals surface area contributed by atoms with Gasteiger partial charge in [0.25, 0.3) is 0 Å². The van der Waals surface area contributed by atoms with Gasteiger partial charge >= 0.3 is 0 Å². The van der Waals surface area contributed by atoms with E-state index < -0.39 is 0 Å². The zero-order chi connectivity index (χ0) is 13.2. The van der Waals surface area contributed by atoms with E-state index in [1.165, 1.54) is 17.7 Å². The molecule has 98 valence electrons. The number of fused-ring (bicyclic) bond motifs is 1. The number of benzene rings is 1. The molecule has 2 N–H and O–H groups in total. The highest BCUT2D eigenvalue weighted by Gasteiger charge is 2.28. The fraction of sp³-hybridized carbons (Fsp3) is 0.312. The summed E-state index contributed by atoms with van der Waals surface area (Å²) in [5.41, 5.74) is 9.88. The van der Waals surface area contributed by atoms with Crippen LogP contribution in [0.4, 0.5) is 4.39 Å². The van der Waals surface area contributed by atoms with E-state index in [9.17, 15) is 4.39 Å². The molecule has 0 spiro atoms. The fourth-order valence-corrected chi connectivity index (χ4v) is 2.90. The maximum Gasteiger partial charge on any atom is 0.123 e. The predicted molar refractivity (Wildman–Crippen MR) is 73.4 cm³/mol. The Morgan fingerprint density at radius 1 is 1.26 bits per heavy atom. The molecular weight excluding hydrogens is 239 g/mol. The van der Waals surface area contributed by atoms with E-state index >= 15 is 0 Å². The first kappa shape index (κ1) is 12.3. The number of nitrogens with two attached hydrogens (primary N) is 1. The molecule has 0 saturated carbocycles. The minimum atomic E-state index is -0.204. The normalized spacial score (nSPS) is 19.2. The van der Waals surface area contributed by atoms with E-state index in [0.717, 1.165) is 30.5 Å². The number of pyridine rings is 1. The standard InChI is InChI=1S/C16H17FN2/c17-13-6-3-11(4-7-13)10-15(18)14-8-5-12-2-1-9-19-16(12)14/h1-4,6-7,9,14-15H,5,8,10,18H2. The molecule has 0 fully saturated rings. The molecule has 0 amide bonds. The van der Waals surface area contributed by atoms with Crippen molar-refractivity contribution in [1.82, 2.24) is 4.98 Å². The van der Waals surface area contributed by atoms with Gasteiger partial charge in [-0.25, -0.2) is 4.39 Å². The van der Waals surface area contributed by atoms with Crippen LogP contribution in [0.3, 0.4) is 0 Å². The van der Waals surface area contributed by atoms with E-state index in [1.54, 1.807) is 0 Å². The minimum Gasteiger partial charge on any atom is -0.327 e. The first-order valence-electron chi connectivity index (χ1n) is 6.68. The summed E-state index contributed by atoms with van der Waals surface area (Å²) >= 11 is 0. The Hall–Kier alpha value is -1.74. The molecule has 2 nitrogen and oxygen atoms in total. The Kier molecular flexibility index (Phi) is 3.30. The number of hydrogen-bond donors (Lipinski definition) is 1. The number of nitrogens with zero attached hydrogens (tertiary/aromatic N) is 1. The highest BCUT2D eigenvalue weighted by molar-refractivity contribution is 5.30. The van der Waals surface area contributed by atoms with Crippen molar-refractivity contribution in [2.24, 2.45) is 5.73 Å². The van der Waals surface area contributed by atoms with Gasteiger partial charge in [0.1, 0.15) is 5.82 Å². The lowest BCUT2D eigenvalue weighted by atomic mass is 9.92. The Labute approximate surface area is 112 Å². The van der Waals surface area contributed by atoms with Gasteiger partial charge in [0.2, 0.25) is 0 Å². The lowest BCUT2D eigenvalue weighted by Gasteiger charge is -2.19. The minimum absolute atomic E-state index is 0.0432. The van der Waals surface area contributed by atoms with E-state index in [1.807, 2.05) is 24.4 Å². The summed E-state index contributed by atoms with van der Waals surface area (Å²) in [6, 6.07) is 10.7. The smallest absolute Gasteiger partial charge is 0.123 e. The zero-order valence-corrected chi connectivity index (χ0v) is 10.7. The molecule has 2 unspecified atom stereocenters. The van der Waals surface area contributed by atoms with Crippen LogP contribution in [0.15, 0.2) is 42.6 Å². The molecule has 2 atom stereocenters. The van der Waals surface area contributed by atoms with Gasteiger partial charge in [-0.15, -0.1) is 0 Å². The highest BCUT2D eigenvalue weighted by atomic mass is 19.1. The second-order valence-corrected chi connectivity index (χ2v) is 5.19. The summed E-state index contributed by atoms with van der Waals surface area (Å²) in [7, 11) is 0. The van der Waals surface area contributed by atoms with Crippen LogP contribution in [-0.2, 0) is 12.8 Å². The summed E-state index contributed by atoms with van der Waals surface area (Å²) in [5.74, 6) is 0.117. The van der Waals surface area contributed by atoms with Gasteiger partial charge in [-0.3, -0.25) is 4.98 Å². The van der Waals surface area contributed by atoms with Crippen molar-refractivity contribution >= 4 is 0 Å². The lowest BCUT2D eigenvalue weighted by Crippen LogP contribution is -2.30. The Bertz CT molecular complexity index is 565. The van der Waals surface area contributed by atoms with E-state index in [-0.39, 0.29) is 11.9 Å². The fourth-order valence-electron chi connectivity index (χ4n) is 2.90. The zero-order valence-electron chi connectivity index (χ0n) is 10.7. The van der Waals surface area contributed by atoms with Crippen LogP contribution in [0.25, 0.3) is 0 Å². The molecule has 0 bridgehead atoms. The number of hydrogen-bond acceptors (Lipinski definition) is 2. The van der Waals surface area contributed by atoms with Crippen LogP contribution in [0, 0.1) is 5.82 Å². The Balaban J connectivity index is 1.75. The van der Waals surface area contributed by atoms with Gasteiger partial charge < -0.3 is 5.73 Å². The van der Waals surface area contributed by atoms with Gasteiger partial charge in [0, 0.05) is 23.9 Å². The number of aromatic nitrogens is 1. The molecule has 3 rings (SSSR count). The maximum atomic E-state index is 12.9. The third kappa shape index (κ3) is 2.51. The summed E-state index contributed by atoms with van der Waals surface area (Å²) in [6.45, 7) is 0. The van der Waals surface area contributed by atoms with Crippen LogP contribution >= 0.6 is 0 Å². The van der Waals surface area contributed by atoms with Gasteiger partial charge in [0.15, 0.2) is 0 Å². The van der Waals surface area contributed by atoms with Crippen molar-refractivity contribution in [3.8, 4) is 0 Å². The summed E-state index contributed by atoms with van der Waals surface area (Å²) in [6.07, 6.45) is 4.72. The molecule has 2 aromatic rings. The van der Waals surface area contributed by atoms with Gasteiger partial charge in [-0.2, -0.15) is 0 Å². The van der Waals surface area contributed by atoms with E-state index in [4.69, 9.17) is 5.73 Å².